The molecule has 0 fully saturated rings. The fourth-order valence-corrected chi connectivity index (χ4v) is 3.59. The molecule has 2 heterocycles. The molecule has 0 saturated carbocycles. The molecule has 0 aliphatic carbocycles. The maximum absolute atomic E-state index is 4.58. The molecule has 0 N–H and O–H groups in total. The second-order valence-electron chi connectivity index (χ2n) is 5.56. The van der Waals surface area contributed by atoms with E-state index in [-0.39, 0.29) is 5.54 Å². The standard InChI is InChI=1S/C16H25N3S/c1-3-5-7-11-16(12-8-6-4-2)15(17-19-18-16)14-10-9-13-20-14/h9-10,13H,3-8,11-12H2,1-2H3. The highest BCUT2D eigenvalue weighted by atomic mass is 32.1. The number of thiophene rings is 1. The van der Waals surface area contributed by atoms with Gasteiger partial charge in [-0.2, -0.15) is 5.11 Å². The first-order chi connectivity index (χ1) is 9.82. The van der Waals surface area contributed by atoms with Crippen LogP contribution in [0.5, 0.6) is 0 Å². The van der Waals surface area contributed by atoms with Gasteiger partial charge in [-0.15, -0.1) is 16.4 Å². The number of rotatable bonds is 9. The van der Waals surface area contributed by atoms with Crippen molar-refractivity contribution in [2.75, 3.05) is 0 Å². The quantitative estimate of drug-likeness (QED) is 0.514. The predicted molar refractivity (Wildman–Crippen MR) is 86.7 cm³/mol. The third-order valence-electron chi connectivity index (χ3n) is 3.96. The van der Waals surface area contributed by atoms with E-state index in [2.05, 4.69) is 46.8 Å². The highest BCUT2D eigenvalue weighted by Crippen LogP contribution is 2.36. The average Bonchev–Trinajstić information content (AvgIpc) is 3.08. The molecule has 1 aromatic rings. The Labute approximate surface area is 126 Å². The smallest absolute Gasteiger partial charge is 0.129 e. The second kappa shape index (κ2) is 7.67. The molecule has 0 radical (unpaired) electrons. The maximum atomic E-state index is 4.58. The van der Waals surface area contributed by atoms with Gasteiger partial charge < -0.3 is 0 Å². The maximum Gasteiger partial charge on any atom is 0.129 e. The van der Waals surface area contributed by atoms with Gasteiger partial charge in [0.05, 0.1) is 4.88 Å². The van der Waals surface area contributed by atoms with Crippen LogP contribution in [0, 0.1) is 0 Å². The lowest BCUT2D eigenvalue weighted by molar-refractivity contribution is 0.433. The van der Waals surface area contributed by atoms with Crippen LogP contribution < -0.4 is 0 Å². The Morgan fingerprint density at radius 3 is 2.30 bits per heavy atom. The van der Waals surface area contributed by atoms with Gasteiger partial charge in [-0.1, -0.05) is 58.4 Å². The van der Waals surface area contributed by atoms with E-state index >= 15 is 0 Å². The van der Waals surface area contributed by atoms with Gasteiger partial charge in [0.15, 0.2) is 0 Å². The molecule has 0 saturated heterocycles. The zero-order valence-corrected chi connectivity index (χ0v) is 13.5. The molecule has 20 heavy (non-hydrogen) atoms. The summed E-state index contributed by atoms with van der Waals surface area (Å²) in [6.07, 6.45) is 9.63. The van der Waals surface area contributed by atoms with E-state index in [1.807, 2.05) is 0 Å². The lowest BCUT2D eigenvalue weighted by Crippen LogP contribution is -2.34. The van der Waals surface area contributed by atoms with E-state index in [4.69, 9.17) is 0 Å². The molecule has 0 aromatic carbocycles. The fourth-order valence-electron chi connectivity index (χ4n) is 2.78. The third kappa shape index (κ3) is 3.54. The van der Waals surface area contributed by atoms with Crippen LogP contribution in [-0.2, 0) is 0 Å². The predicted octanol–water partition coefficient (Wildman–Crippen LogP) is 5.82. The molecular weight excluding hydrogens is 266 g/mol. The zero-order chi connectivity index (χ0) is 14.3. The molecule has 0 amide bonds. The number of unbranched alkanes of at least 4 members (excludes halogenated alkanes) is 4. The largest absolute Gasteiger partial charge is 0.156 e. The minimum absolute atomic E-state index is 0.144. The monoisotopic (exact) mass is 291 g/mol. The van der Waals surface area contributed by atoms with Crippen molar-refractivity contribution in [1.82, 2.24) is 0 Å². The van der Waals surface area contributed by atoms with Crippen molar-refractivity contribution in [3.8, 4) is 0 Å². The molecule has 0 bridgehead atoms. The van der Waals surface area contributed by atoms with Crippen molar-refractivity contribution in [1.29, 1.82) is 0 Å². The first-order valence-electron chi connectivity index (χ1n) is 7.86. The van der Waals surface area contributed by atoms with Crippen molar-refractivity contribution in [3.63, 3.8) is 0 Å². The molecule has 1 aromatic heterocycles. The van der Waals surface area contributed by atoms with Crippen LogP contribution in [0.2, 0.25) is 0 Å². The van der Waals surface area contributed by atoms with Gasteiger partial charge in [0.1, 0.15) is 11.3 Å². The Hall–Kier alpha value is -1.03. The van der Waals surface area contributed by atoms with Crippen LogP contribution in [0.25, 0.3) is 0 Å². The summed E-state index contributed by atoms with van der Waals surface area (Å²) in [6.45, 7) is 4.49. The summed E-state index contributed by atoms with van der Waals surface area (Å²) in [5, 5.41) is 15.1. The van der Waals surface area contributed by atoms with E-state index in [1.54, 1.807) is 11.3 Å². The first kappa shape index (κ1) is 15.4. The second-order valence-corrected chi connectivity index (χ2v) is 6.51. The molecule has 0 atom stereocenters. The molecular formula is C16H25N3S. The summed E-state index contributed by atoms with van der Waals surface area (Å²) in [4.78, 5) is 1.24. The van der Waals surface area contributed by atoms with Crippen molar-refractivity contribution in [2.24, 2.45) is 15.4 Å². The summed E-state index contributed by atoms with van der Waals surface area (Å²) in [6, 6.07) is 4.23. The van der Waals surface area contributed by atoms with Crippen LogP contribution in [-0.4, -0.2) is 11.3 Å². The molecule has 0 spiro atoms. The molecule has 2 rings (SSSR count). The minimum Gasteiger partial charge on any atom is -0.156 e. The molecule has 4 heteroatoms. The molecule has 1 aliphatic rings. The first-order valence-corrected chi connectivity index (χ1v) is 8.74. The zero-order valence-electron chi connectivity index (χ0n) is 12.6. The summed E-state index contributed by atoms with van der Waals surface area (Å²) >= 11 is 1.75. The number of hydrogen-bond acceptors (Lipinski definition) is 4. The topological polar surface area (TPSA) is 37.1 Å². The van der Waals surface area contributed by atoms with Crippen molar-refractivity contribution in [3.05, 3.63) is 22.4 Å². The normalized spacial score (nSPS) is 16.6. The third-order valence-corrected chi connectivity index (χ3v) is 4.84. The van der Waals surface area contributed by atoms with Gasteiger partial charge in [-0.25, -0.2) is 0 Å². The van der Waals surface area contributed by atoms with E-state index in [0.29, 0.717) is 0 Å². The van der Waals surface area contributed by atoms with Crippen LogP contribution in [0.3, 0.4) is 0 Å². The Morgan fingerprint density at radius 1 is 1.05 bits per heavy atom. The van der Waals surface area contributed by atoms with Crippen LogP contribution in [0.1, 0.15) is 70.1 Å². The number of hydrogen-bond donors (Lipinski definition) is 0. The molecule has 0 unspecified atom stereocenters. The van der Waals surface area contributed by atoms with Gasteiger partial charge >= 0.3 is 0 Å². The Bertz CT molecular complexity index is 438. The summed E-state index contributed by atoms with van der Waals surface area (Å²) in [5.41, 5.74) is 0.967. The SMILES string of the molecule is CCCCCC1(CCCCC)N=NN=C1c1cccs1. The fraction of sp³-hybridized carbons (Fsp3) is 0.688. The van der Waals surface area contributed by atoms with Crippen molar-refractivity contribution >= 4 is 17.0 Å². The molecule has 1 aliphatic heterocycles. The van der Waals surface area contributed by atoms with Gasteiger partial charge in [0, 0.05) is 0 Å². The number of nitrogens with zero attached hydrogens (tertiary/aromatic N) is 3. The highest BCUT2D eigenvalue weighted by Gasteiger charge is 2.39. The minimum atomic E-state index is -0.144. The van der Waals surface area contributed by atoms with Crippen LogP contribution in [0.4, 0.5) is 0 Å². The van der Waals surface area contributed by atoms with E-state index < -0.39 is 0 Å². The molecule has 3 nitrogen and oxygen atoms in total. The summed E-state index contributed by atoms with van der Waals surface area (Å²) in [7, 11) is 0. The van der Waals surface area contributed by atoms with Crippen molar-refractivity contribution in [2.45, 2.75) is 70.8 Å². The summed E-state index contributed by atoms with van der Waals surface area (Å²) in [5.74, 6) is 0. The van der Waals surface area contributed by atoms with E-state index in [9.17, 15) is 0 Å². The Morgan fingerprint density at radius 2 is 1.75 bits per heavy atom. The lowest BCUT2D eigenvalue weighted by atomic mass is 9.82. The Balaban J connectivity index is 2.12. The van der Waals surface area contributed by atoms with E-state index in [1.165, 1.54) is 43.4 Å². The lowest BCUT2D eigenvalue weighted by Gasteiger charge is -2.26. The van der Waals surface area contributed by atoms with E-state index in [0.717, 1.165) is 18.6 Å². The van der Waals surface area contributed by atoms with Crippen LogP contribution >= 0.6 is 11.3 Å². The van der Waals surface area contributed by atoms with Gasteiger partial charge in [-0.3, -0.25) is 0 Å². The highest BCUT2D eigenvalue weighted by molar-refractivity contribution is 7.12. The van der Waals surface area contributed by atoms with Crippen molar-refractivity contribution < 1.29 is 0 Å². The average molecular weight is 291 g/mol. The van der Waals surface area contributed by atoms with Crippen LogP contribution in [0.15, 0.2) is 33.0 Å². The molecule has 110 valence electrons. The van der Waals surface area contributed by atoms with Gasteiger partial charge in [0.25, 0.3) is 0 Å². The van der Waals surface area contributed by atoms with Gasteiger partial charge in [-0.05, 0) is 29.5 Å². The summed E-state index contributed by atoms with van der Waals surface area (Å²) < 4.78 is 0. The Kier molecular flexibility index (Phi) is 5.89. The van der Waals surface area contributed by atoms with Gasteiger partial charge in [0.2, 0.25) is 0 Å².